The van der Waals surface area contributed by atoms with Gasteiger partial charge in [0.15, 0.2) is 0 Å². The molecule has 5 nitrogen and oxygen atoms in total. The van der Waals surface area contributed by atoms with Crippen LogP contribution in [0.5, 0.6) is 0 Å². The third-order valence-electron chi connectivity index (χ3n) is 4.09. The fraction of sp³-hybridized carbons (Fsp3) is 0.938. The molecule has 0 spiro atoms. The zero-order valence-electron chi connectivity index (χ0n) is 13.6. The number of rotatable bonds is 11. The van der Waals surface area contributed by atoms with E-state index in [2.05, 4.69) is 24.5 Å². The van der Waals surface area contributed by atoms with Crippen molar-refractivity contribution < 1.29 is 14.6 Å². The number of aliphatic hydroxyl groups excluding tert-OH is 1. The lowest BCUT2D eigenvalue weighted by Gasteiger charge is -2.24. The van der Waals surface area contributed by atoms with Gasteiger partial charge < -0.3 is 20.5 Å². The fourth-order valence-corrected chi connectivity index (χ4v) is 2.57. The van der Waals surface area contributed by atoms with Gasteiger partial charge in [-0.15, -0.1) is 0 Å². The molecule has 3 atom stereocenters. The molecule has 0 aliphatic carbocycles. The molecule has 1 heterocycles. The van der Waals surface area contributed by atoms with Crippen LogP contribution in [0.25, 0.3) is 0 Å². The van der Waals surface area contributed by atoms with Crippen molar-refractivity contribution >= 4 is 5.91 Å². The second-order valence-electron chi connectivity index (χ2n) is 6.00. The molecule has 1 saturated heterocycles. The van der Waals surface area contributed by atoms with E-state index in [4.69, 9.17) is 4.74 Å². The Hall–Kier alpha value is -0.650. The van der Waals surface area contributed by atoms with Gasteiger partial charge in [0.25, 0.3) is 0 Å². The van der Waals surface area contributed by atoms with Crippen LogP contribution in [-0.2, 0) is 9.53 Å². The van der Waals surface area contributed by atoms with Crippen LogP contribution >= 0.6 is 0 Å². The highest BCUT2D eigenvalue weighted by Crippen LogP contribution is 2.12. The maximum absolute atomic E-state index is 11.6. The third-order valence-corrected chi connectivity index (χ3v) is 4.09. The van der Waals surface area contributed by atoms with Gasteiger partial charge in [0.1, 0.15) is 0 Å². The number of unbranched alkanes of at least 4 members (excludes halogenated alkanes) is 1. The molecule has 0 aromatic heterocycles. The maximum atomic E-state index is 11.6. The average Bonchev–Trinajstić information content (AvgIpc) is 2.50. The molecule has 5 heteroatoms. The van der Waals surface area contributed by atoms with Gasteiger partial charge in [0, 0.05) is 19.7 Å². The van der Waals surface area contributed by atoms with E-state index in [1.807, 2.05) is 0 Å². The van der Waals surface area contributed by atoms with Crippen LogP contribution in [0.2, 0.25) is 0 Å². The van der Waals surface area contributed by atoms with E-state index >= 15 is 0 Å². The predicted molar refractivity (Wildman–Crippen MR) is 84.2 cm³/mol. The molecule has 0 bridgehead atoms. The SMILES string of the molecule is CCCCC(CC)COCC(O)CNC1CCCNC1=O. The van der Waals surface area contributed by atoms with E-state index in [0.717, 1.165) is 32.4 Å². The minimum Gasteiger partial charge on any atom is -0.389 e. The summed E-state index contributed by atoms with van der Waals surface area (Å²) in [7, 11) is 0. The second kappa shape index (κ2) is 11.0. The van der Waals surface area contributed by atoms with Crippen LogP contribution in [-0.4, -0.2) is 49.5 Å². The summed E-state index contributed by atoms with van der Waals surface area (Å²) in [6.45, 7) is 6.61. The second-order valence-corrected chi connectivity index (χ2v) is 6.00. The smallest absolute Gasteiger partial charge is 0.237 e. The van der Waals surface area contributed by atoms with Crippen molar-refractivity contribution in [2.45, 2.75) is 64.5 Å². The monoisotopic (exact) mass is 300 g/mol. The van der Waals surface area contributed by atoms with Crippen LogP contribution in [0.15, 0.2) is 0 Å². The summed E-state index contributed by atoms with van der Waals surface area (Å²) in [5.41, 5.74) is 0. The summed E-state index contributed by atoms with van der Waals surface area (Å²) in [5.74, 6) is 0.634. The molecule has 1 amide bonds. The number of aliphatic hydroxyl groups is 1. The molecule has 0 saturated carbocycles. The zero-order valence-corrected chi connectivity index (χ0v) is 13.6. The molecule has 1 rings (SSSR count). The van der Waals surface area contributed by atoms with E-state index in [0.29, 0.717) is 19.1 Å². The largest absolute Gasteiger partial charge is 0.389 e. The first-order chi connectivity index (χ1) is 10.2. The number of hydrogen-bond acceptors (Lipinski definition) is 4. The van der Waals surface area contributed by atoms with Crippen molar-refractivity contribution in [3.63, 3.8) is 0 Å². The van der Waals surface area contributed by atoms with Crippen LogP contribution < -0.4 is 10.6 Å². The van der Waals surface area contributed by atoms with Gasteiger partial charge in [0.05, 0.1) is 18.8 Å². The van der Waals surface area contributed by atoms with Crippen molar-refractivity contribution in [2.75, 3.05) is 26.3 Å². The van der Waals surface area contributed by atoms with Crippen LogP contribution in [0.4, 0.5) is 0 Å². The summed E-state index contributed by atoms with van der Waals surface area (Å²) in [5, 5.41) is 15.9. The molecule has 3 unspecified atom stereocenters. The molecule has 0 radical (unpaired) electrons. The number of ether oxygens (including phenoxy) is 1. The Balaban J connectivity index is 2.09. The van der Waals surface area contributed by atoms with Crippen molar-refractivity contribution in [3.05, 3.63) is 0 Å². The Morgan fingerprint density at radius 3 is 2.90 bits per heavy atom. The van der Waals surface area contributed by atoms with E-state index in [1.54, 1.807) is 0 Å². The maximum Gasteiger partial charge on any atom is 0.237 e. The molecular weight excluding hydrogens is 268 g/mol. The van der Waals surface area contributed by atoms with Gasteiger partial charge in [0.2, 0.25) is 5.91 Å². The lowest BCUT2D eigenvalue weighted by Crippen LogP contribution is -2.50. The Kier molecular flexibility index (Phi) is 9.63. The molecule has 124 valence electrons. The lowest BCUT2D eigenvalue weighted by atomic mass is 10.0. The van der Waals surface area contributed by atoms with Gasteiger partial charge in [-0.3, -0.25) is 4.79 Å². The molecular formula is C16H32N2O3. The van der Waals surface area contributed by atoms with Gasteiger partial charge in [-0.25, -0.2) is 0 Å². The summed E-state index contributed by atoms with van der Waals surface area (Å²) >= 11 is 0. The highest BCUT2D eigenvalue weighted by molar-refractivity contribution is 5.82. The number of piperidine rings is 1. The molecule has 0 aromatic rings. The first-order valence-corrected chi connectivity index (χ1v) is 8.44. The molecule has 1 fully saturated rings. The van der Waals surface area contributed by atoms with Gasteiger partial charge in [-0.05, 0) is 25.2 Å². The third kappa shape index (κ3) is 7.79. The Labute approximate surface area is 128 Å². The standard InChI is InChI=1S/C16H32N2O3/c1-3-5-7-13(4-2)11-21-12-14(19)10-18-15-8-6-9-17-16(15)20/h13-15,18-19H,3-12H2,1-2H3,(H,17,20). The number of carbonyl (C=O) groups is 1. The highest BCUT2D eigenvalue weighted by Gasteiger charge is 2.22. The Bertz CT molecular complexity index is 287. The molecule has 21 heavy (non-hydrogen) atoms. The average molecular weight is 300 g/mol. The zero-order chi connectivity index (χ0) is 15.5. The number of nitrogens with one attached hydrogen (secondary N) is 2. The van der Waals surface area contributed by atoms with Crippen LogP contribution in [0.3, 0.4) is 0 Å². The number of amides is 1. The minimum atomic E-state index is -0.552. The molecule has 3 N–H and O–H groups in total. The van der Waals surface area contributed by atoms with Crippen LogP contribution in [0, 0.1) is 5.92 Å². The van der Waals surface area contributed by atoms with Gasteiger partial charge in [-0.2, -0.15) is 0 Å². The highest BCUT2D eigenvalue weighted by atomic mass is 16.5. The van der Waals surface area contributed by atoms with E-state index < -0.39 is 6.10 Å². The first-order valence-electron chi connectivity index (χ1n) is 8.44. The Morgan fingerprint density at radius 2 is 2.24 bits per heavy atom. The fourth-order valence-electron chi connectivity index (χ4n) is 2.57. The topological polar surface area (TPSA) is 70.6 Å². The van der Waals surface area contributed by atoms with Gasteiger partial charge in [-0.1, -0.05) is 33.1 Å². The summed E-state index contributed by atoms with van der Waals surface area (Å²) in [6, 6.07) is -0.165. The van der Waals surface area contributed by atoms with Crippen molar-refractivity contribution in [1.82, 2.24) is 10.6 Å². The quantitative estimate of drug-likeness (QED) is 0.540. The normalized spacial score (nSPS) is 21.9. The van der Waals surface area contributed by atoms with Crippen molar-refractivity contribution in [2.24, 2.45) is 5.92 Å². The van der Waals surface area contributed by atoms with E-state index in [-0.39, 0.29) is 11.9 Å². The predicted octanol–water partition coefficient (Wildman–Crippen LogP) is 1.45. The first kappa shape index (κ1) is 18.4. The number of carbonyl (C=O) groups excluding carboxylic acids is 1. The minimum absolute atomic E-state index is 0.0416. The molecule has 1 aliphatic heterocycles. The molecule has 1 aliphatic rings. The van der Waals surface area contributed by atoms with E-state index in [9.17, 15) is 9.90 Å². The van der Waals surface area contributed by atoms with E-state index in [1.165, 1.54) is 19.3 Å². The van der Waals surface area contributed by atoms with Gasteiger partial charge >= 0.3 is 0 Å². The van der Waals surface area contributed by atoms with Crippen LogP contribution in [0.1, 0.15) is 52.4 Å². The molecule has 0 aromatic carbocycles. The summed E-state index contributed by atoms with van der Waals surface area (Å²) in [6.07, 6.45) is 6.05. The summed E-state index contributed by atoms with van der Waals surface area (Å²) < 4.78 is 5.62. The lowest BCUT2D eigenvalue weighted by molar-refractivity contribution is -0.124. The van der Waals surface area contributed by atoms with Crippen molar-refractivity contribution in [1.29, 1.82) is 0 Å². The number of hydrogen-bond donors (Lipinski definition) is 3. The Morgan fingerprint density at radius 1 is 1.43 bits per heavy atom. The summed E-state index contributed by atoms with van der Waals surface area (Å²) in [4.78, 5) is 11.6. The van der Waals surface area contributed by atoms with Crippen molar-refractivity contribution in [3.8, 4) is 0 Å².